The van der Waals surface area contributed by atoms with Crippen LogP contribution in [0.3, 0.4) is 0 Å². The Morgan fingerprint density at radius 3 is 2.64 bits per heavy atom. The lowest BCUT2D eigenvalue weighted by Crippen LogP contribution is -2.50. The predicted molar refractivity (Wildman–Crippen MR) is 126 cm³/mol. The van der Waals surface area contributed by atoms with Crippen LogP contribution in [-0.2, 0) is 6.61 Å². The Bertz CT molecular complexity index is 1100. The number of nitrogens with one attached hydrogen (secondary N) is 1. The summed E-state index contributed by atoms with van der Waals surface area (Å²) in [5, 5.41) is 2.98. The Hall–Kier alpha value is -3.95. The molecule has 1 saturated heterocycles. The van der Waals surface area contributed by atoms with E-state index in [1.165, 1.54) is 0 Å². The minimum Gasteiger partial charge on any atom is -0.483 e. The van der Waals surface area contributed by atoms with Crippen LogP contribution in [0.25, 0.3) is 0 Å². The van der Waals surface area contributed by atoms with E-state index >= 15 is 0 Å². The molecule has 33 heavy (non-hydrogen) atoms. The molecule has 0 spiro atoms. The molecule has 1 aliphatic heterocycles. The summed E-state index contributed by atoms with van der Waals surface area (Å²) in [5.41, 5.74) is 8.04. The summed E-state index contributed by atoms with van der Waals surface area (Å²) in [5.74, 6) is 1.91. The van der Waals surface area contributed by atoms with Crippen molar-refractivity contribution >= 4 is 23.5 Å². The predicted octanol–water partition coefficient (Wildman–Crippen LogP) is 2.91. The SMILES string of the molecule is CC(C)c1cc(NC(=O)N2CCN(c3ncccc3OCc3ccnc(N)n3)CC2)ccn1. The molecular formula is C23H28N8O2. The monoisotopic (exact) mass is 448 g/mol. The highest BCUT2D eigenvalue weighted by atomic mass is 16.5. The second-order valence-corrected chi connectivity index (χ2v) is 8.05. The van der Waals surface area contributed by atoms with Crippen molar-refractivity contribution in [3.05, 3.63) is 60.3 Å². The minimum atomic E-state index is -0.116. The van der Waals surface area contributed by atoms with Crippen LogP contribution in [0.15, 0.2) is 48.9 Å². The van der Waals surface area contributed by atoms with Crippen LogP contribution in [0, 0.1) is 0 Å². The highest BCUT2D eigenvalue weighted by Gasteiger charge is 2.24. The lowest BCUT2D eigenvalue weighted by Gasteiger charge is -2.35. The lowest BCUT2D eigenvalue weighted by atomic mass is 10.1. The van der Waals surface area contributed by atoms with E-state index in [9.17, 15) is 4.79 Å². The van der Waals surface area contributed by atoms with Crippen LogP contribution in [0.1, 0.15) is 31.2 Å². The number of anilines is 3. The minimum absolute atomic E-state index is 0.116. The standard InChI is InChI=1S/C23H28N8O2/c1-16(2)19-14-17(5-8-25-19)29-23(32)31-12-10-30(11-13-31)21-20(4-3-7-26-21)33-15-18-6-9-27-22(24)28-18/h3-9,14,16H,10-13,15H2,1-2H3,(H2,24,27,28)(H,25,29,32). The number of nitrogen functional groups attached to an aromatic ring is 1. The molecule has 0 aromatic carbocycles. The molecule has 3 aromatic rings. The maximum Gasteiger partial charge on any atom is 0.321 e. The van der Waals surface area contributed by atoms with E-state index in [0.29, 0.717) is 43.5 Å². The second kappa shape index (κ2) is 10.1. The van der Waals surface area contributed by atoms with E-state index in [0.717, 1.165) is 17.2 Å². The van der Waals surface area contributed by atoms with Gasteiger partial charge in [0.05, 0.1) is 5.69 Å². The normalized spacial score (nSPS) is 13.8. The first-order valence-corrected chi connectivity index (χ1v) is 10.9. The molecule has 4 heterocycles. The van der Waals surface area contributed by atoms with Gasteiger partial charge in [-0.3, -0.25) is 4.98 Å². The van der Waals surface area contributed by atoms with Crippen molar-refractivity contribution in [3.8, 4) is 5.75 Å². The van der Waals surface area contributed by atoms with Gasteiger partial charge in [-0.1, -0.05) is 13.8 Å². The Kier molecular flexibility index (Phi) is 6.82. The topological polar surface area (TPSA) is 122 Å². The first-order chi connectivity index (χ1) is 16.0. The van der Waals surface area contributed by atoms with Gasteiger partial charge >= 0.3 is 6.03 Å². The highest BCUT2D eigenvalue weighted by molar-refractivity contribution is 5.89. The molecule has 4 rings (SSSR count). The first kappa shape index (κ1) is 22.3. The molecule has 0 aliphatic carbocycles. The van der Waals surface area contributed by atoms with Crippen molar-refractivity contribution in [1.82, 2.24) is 24.8 Å². The average molecular weight is 449 g/mol. The van der Waals surface area contributed by atoms with Gasteiger partial charge < -0.3 is 25.6 Å². The quantitative estimate of drug-likeness (QED) is 0.590. The summed E-state index contributed by atoms with van der Waals surface area (Å²) in [6.07, 6.45) is 5.06. The summed E-state index contributed by atoms with van der Waals surface area (Å²) in [6, 6.07) is 9.08. The maximum absolute atomic E-state index is 12.8. The molecule has 3 N–H and O–H groups in total. The molecule has 10 nitrogen and oxygen atoms in total. The zero-order chi connectivity index (χ0) is 23.2. The van der Waals surface area contributed by atoms with Crippen LogP contribution >= 0.6 is 0 Å². The number of nitrogens with two attached hydrogens (primary N) is 1. The average Bonchev–Trinajstić information content (AvgIpc) is 2.83. The summed E-state index contributed by atoms with van der Waals surface area (Å²) < 4.78 is 5.97. The van der Waals surface area contributed by atoms with Crippen molar-refractivity contribution in [3.63, 3.8) is 0 Å². The molecule has 1 fully saturated rings. The molecule has 0 saturated carbocycles. The third kappa shape index (κ3) is 5.65. The molecule has 1 aliphatic rings. The van der Waals surface area contributed by atoms with Crippen molar-refractivity contribution in [2.45, 2.75) is 26.4 Å². The number of nitrogens with zero attached hydrogens (tertiary/aromatic N) is 6. The number of ether oxygens (including phenoxy) is 1. The van der Waals surface area contributed by atoms with E-state index < -0.39 is 0 Å². The molecule has 0 bridgehead atoms. The fraction of sp³-hybridized carbons (Fsp3) is 0.348. The Morgan fingerprint density at radius 2 is 1.88 bits per heavy atom. The van der Waals surface area contributed by atoms with Gasteiger partial charge in [0.1, 0.15) is 6.61 Å². The summed E-state index contributed by atoms with van der Waals surface area (Å²) in [6.45, 7) is 6.86. The van der Waals surface area contributed by atoms with Crippen LogP contribution in [0.2, 0.25) is 0 Å². The highest BCUT2D eigenvalue weighted by Crippen LogP contribution is 2.27. The lowest BCUT2D eigenvalue weighted by molar-refractivity contribution is 0.208. The van der Waals surface area contributed by atoms with Gasteiger partial charge in [0, 0.05) is 56.2 Å². The molecule has 172 valence electrons. The van der Waals surface area contributed by atoms with E-state index in [-0.39, 0.29) is 18.6 Å². The third-order valence-electron chi connectivity index (χ3n) is 5.35. The molecule has 0 unspecified atom stereocenters. The molecule has 10 heteroatoms. The van der Waals surface area contributed by atoms with Crippen molar-refractivity contribution in [2.24, 2.45) is 0 Å². The van der Waals surface area contributed by atoms with Gasteiger partial charge in [-0.25, -0.2) is 19.7 Å². The third-order valence-corrected chi connectivity index (χ3v) is 5.35. The summed E-state index contributed by atoms with van der Waals surface area (Å²) in [7, 11) is 0. The van der Waals surface area contributed by atoms with Crippen molar-refractivity contribution in [1.29, 1.82) is 0 Å². The van der Waals surface area contributed by atoms with E-state index in [2.05, 4.69) is 44.0 Å². The number of hydrogen-bond donors (Lipinski definition) is 2. The Labute approximate surface area is 192 Å². The molecule has 0 radical (unpaired) electrons. The van der Waals surface area contributed by atoms with Gasteiger partial charge in [0.15, 0.2) is 11.6 Å². The van der Waals surface area contributed by atoms with Crippen LogP contribution in [0.4, 0.5) is 22.2 Å². The fourth-order valence-corrected chi connectivity index (χ4v) is 3.54. The molecule has 2 amide bonds. The molecule has 0 atom stereocenters. The van der Waals surface area contributed by atoms with Gasteiger partial charge in [-0.2, -0.15) is 0 Å². The maximum atomic E-state index is 12.8. The van der Waals surface area contributed by atoms with Crippen molar-refractivity contribution < 1.29 is 9.53 Å². The summed E-state index contributed by atoms with van der Waals surface area (Å²) in [4.78, 5) is 33.6. The van der Waals surface area contributed by atoms with Crippen LogP contribution in [0.5, 0.6) is 5.75 Å². The second-order valence-electron chi connectivity index (χ2n) is 8.05. The number of carbonyl (C=O) groups excluding carboxylic acids is 1. The van der Waals surface area contributed by atoms with Gasteiger partial charge in [-0.05, 0) is 36.2 Å². The van der Waals surface area contributed by atoms with Gasteiger partial charge in [0.2, 0.25) is 5.95 Å². The van der Waals surface area contributed by atoms with Crippen LogP contribution < -0.4 is 20.7 Å². The van der Waals surface area contributed by atoms with Crippen LogP contribution in [-0.4, -0.2) is 57.0 Å². The fourth-order valence-electron chi connectivity index (χ4n) is 3.54. The number of urea groups is 1. The van der Waals surface area contributed by atoms with E-state index in [4.69, 9.17) is 10.5 Å². The number of pyridine rings is 2. The van der Waals surface area contributed by atoms with E-state index in [1.54, 1.807) is 29.6 Å². The smallest absolute Gasteiger partial charge is 0.321 e. The van der Waals surface area contributed by atoms with Crippen molar-refractivity contribution in [2.75, 3.05) is 42.1 Å². The zero-order valence-electron chi connectivity index (χ0n) is 18.8. The Balaban J connectivity index is 1.35. The number of rotatable bonds is 6. The first-order valence-electron chi connectivity index (χ1n) is 10.9. The Morgan fingerprint density at radius 1 is 1.09 bits per heavy atom. The van der Waals surface area contributed by atoms with Gasteiger partial charge in [0.25, 0.3) is 0 Å². The molecular weight excluding hydrogens is 420 g/mol. The zero-order valence-corrected chi connectivity index (χ0v) is 18.8. The number of hydrogen-bond acceptors (Lipinski definition) is 8. The number of piperazine rings is 1. The number of aromatic nitrogens is 4. The van der Waals surface area contributed by atoms with Gasteiger partial charge in [-0.15, -0.1) is 0 Å². The largest absolute Gasteiger partial charge is 0.483 e. The summed E-state index contributed by atoms with van der Waals surface area (Å²) >= 11 is 0. The van der Waals surface area contributed by atoms with E-state index in [1.807, 2.05) is 24.3 Å². The molecule has 3 aromatic heterocycles. The number of amides is 2. The number of carbonyl (C=O) groups is 1.